The maximum Gasteiger partial charge on any atom is 0.126 e. The summed E-state index contributed by atoms with van der Waals surface area (Å²) in [4.78, 5) is 0. The van der Waals surface area contributed by atoms with Crippen LogP contribution in [0.25, 0.3) is 0 Å². The first kappa shape index (κ1) is 12.1. The fourth-order valence-electron chi connectivity index (χ4n) is 1.69. The van der Waals surface area contributed by atoms with Crippen molar-refractivity contribution < 1.29 is 9.13 Å². The monoisotopic (exact) mass is 211 g/mol. The minimum atomic E-state index is -0.195. The predicted octanol–water partition coefficient (Wildman–Crippen LogP) is 2.12. The van der Waals surface area contributed by atoms with Gasteiger partial charge in [0, 0.05) is 13.2 Å². The molecule has 1 aromatic rings. The molecule has 2 N–H and O–H groups in total. The molecule has 0 bridgehead atoms. The van der Waals surface area contributed by atoms with E-state index in [1.807, 2.05) is 13.0 Å². The SMILES string of the molecule is CCC(OC)C(N)Cc1ccccc1F. The number of methoxy groups -OCH3 is 1. The van der Waals surface area contributed by atoms with E-state index in [1.165, 1.54) is 6.07 Å². The van der Waals surface area contributed by atoms with Crippen molar-refractivity contribution in [3.8, 4) is 0 Å². The van der Waals surface area contributed by atoms with E-state index in [9.17, 15) is 4.39 Å². The van der Waals surface area contributed by atoms with Gasteiger partial charge in [-0.3, -0.25) is 0 Å². The molecule has 2 unspecified atom stereocenters. The quantitative estimate of drug-likeness (QED) is 0.809. The van der Waals surface area contributed by atoms with Gasteiger partial charge in [-0.1, -0.05) is 25.1 Å². The van der Waals surface area contributed by atoms with Gasteiger partial charge in [-0.05, 0) is 24.5 Å². The molecule has 0 fully saturated rings. The summed E-state index contributed by atoms with van der Waals surface area (Å²) in [5, 5.41) is 0. The first-order valence-corrected chi connectivity index (χ1v) is 5.20. The van der Waals surface area contributed by atoms with Gasteiger partial charge in [0.05, 0.1) is 6.10 Å². The van der Waals surface area contributed by atoms with Gasteiger partial charge in [0.15, 0.2) is 0 Å². The second-order valence-corrected chi connectivity index (χ2v) is 3.64. The Kier molecular flexibility index (Phi) is 4.72. The van der Waals surface area contributed by atoms with Crippen LogP contribution in [0.4, 0.5) is 4.39 Å². The zero-order chi connectivity index (χ0) is 11.3. The van der Waals surface area contributed by atoms with E-state index in [4.69, 9.17) is 10.5 Å². The number of nitrogens with two attached hydrogens (primary N) is 1. The summed E-state index contributed by atoms with van der Waals surface area (Å²) in [7, 11) is 1.63. The molecule has 0 heterocycles. The molecule has 15 heavy (non-hydrogen) atoms. The van der Waals surface area contributed by atoms with Crippen molar-refractivity contribution in [2.45, 2.75) is 31.9 Å². The lowest BCUT2D eigenvalue weighted by Gasteiger charge is -2.21. The van der Waals surface area contributed by atoms with E-state index in [-0.39, 0.29) is 18.0 Å². The van der Waals surface area contributed by atoms with Gasteiger partial charge in [0.2, 0.25) is 0 Å². The van der Waals surface area contributed by atoms with E-state index in [0.717, 1.165) is 6.42 Å². The Morgan fingerprint density at radius 3 is 2.60 bits per heavy atom. The molecule has 0 aliphatic carbocycles. The molecule has 2 atom stereocenters. The number of ether oxygens (including phenoxy) is 1. The van der Waals surface area contributed by atoms with Crippen LogP contribution in [0.5, 0.6) is 0 Å². The summed E-state index contributed by atoms with van der Waals surface area (Å²) < 4.78 is 18.6. The Labute approximate surface area is 90.2 Å². The Bertz CT molecular complexity index is 299. The van der Waals surface area contributed by atoms with Gasteiger partial charge in [-0.25, -0.2) is 4.39 Å². The molecule has 0 radical (unpaired) electrons. The first-order valence-electron chi connectivity index (χ1n) is 5.20. The molecule has 1 aromatic carbocycles. The van der Waals surface area contributed by atoms with Crippen molar-refractivity contribution >= 4 is 0 Å². The maximum absolute atomic E-state index is 13.3. The van der Waals surface area contributed by atoms with Crippen LogP contribution in [0.15, 0.2) is 24.3 Å². The van der Waals surface area contributed by atoms with Crippen LogP contribution in [0.1, 0.15) is 18.9 Å². The average Bonchev–Trinajstić information content (AvgIpc) is 2.23. The number of hydrogen-bond donors (Lipinski definition) is 1. The number of halogens is 1. The molecular weight excluding hydrogens is 193 g/mol. The Morgan fingerprint density at radius 2 is 2.07 bits per heavy atom. The van der Waals surface area contributed by atoms with Crippen LogP contribution in [-0.2, 0) is 11.2 Å². The number of hydrogen-bond acceptors (Lipinski definition) is 2. The van der Waals surface area contributed by atoms with Crippen LogP contribution in [0.2, 0.25) is 0 Å². The van der Waals surface area contributed by atoms with E-state index < -0.39 is 0 Å². The van der Waals surface area contributed by atoms with Gasteiger partial charge >= 0.3 is 0 Å². The topological polar surface area (TPSA) is 35.2 Å². The molecule has 0 aromatic heterocycles. The maximum atomic E-state index is 13.3. The predicted molar refractivity (Wildman–Crippen MR) is 59.2 cm³/mol. The van der Waals surface area contributed by atoms with Crippen molar-refractivity contribution in [1.82, 2.24) is 0 Å². The third-order valence-corrected chi connectivity index (χ3v) is 2.60. The van der Waals surface area contributed by atoms with Gasteiger partial charge in [-0.2, -0.15) is 0 Å². The fraction of sp³-hybridized carbons (Fsp3) is 0.500. The van der Waals surface area contributed by atoms with Crippen molar-refractivity contribution in [2.24, 2.45) is 5.73 Å². The highest BCUT2D eigenvalue weighted by Crippen LogP contribution is 2.12. The van der Waals surface area contributed by atoms with Crippen molar-refractivity contribution in [3.63, 3.8) is 0 Å². The van der Waals surface area contributed by atoms with Crippen LogP contribution < -0.4 is 5.73 Å². The molecule has 0 amide bonds. The van der Waals surface area contributed by atoms with E-state index in [2.05, 4.69) is 0 Å². The van der Waals surface area contributed by atoms with Crippen LogP contribution in [0.3, 0.4) is 0 Å². The summed E-state index contributed by atoms with van der Waals surface area (Å²) in [5.41, 5.74) is 6.60. The lowest BCUT2D eigenvalue weighted by molar-refractivity contribution is 0.0771. The molecule has 3 heteroatoms. The molecule has 2 nitrogen and oxygen atoms in total. The van der Waals surface area contributed by atoms with E-state index >= 15 is 0 Å². The van der Waals surface area contributed by atoms with Crippen molar-refractivity contribution in [1.29, 1.82) is 0 Å². The van der Waals surface area contributed by atoms with E-state index in [1.54, 1.807) is 19.2 Å². The minimum absolute atomic E-state index is 0.00962. The molecular formula is C12H18FNO. The fourth-order valence-corrected chi connectivity index (χ4v) is 1.69. The molecule has 0 saturated carbocycles. The van der Waals surface area contributed by atoms with Gasteiger partial charge in [0.25, 0.3) is 0 Å². The highest BCUT2D eigenvalue weighted by molar-refractivity contribution is 5.18. The van der Waals surface area contributed by atoms with Crippen molar-refractivity contribution in [2.75, 3.05) is 7.11 Å². The molecule has 0 saturated heterocycles. The largest absolute Gasteiger partial charge is 0.380 e. The number of rotatable bonds is 5. The lowest BCUT2D eigenvalue weighted by atomic mass is 10.0. The normalized spacial score (nSPS) is 14.9. The van der Waals surface area contributed by atoms with E-state index in [0.29, 0.717) is 12.0 Å². The van der Waals surface area contributed by atoms with Gasteiger partial charge < -0.3 is 10.5 Å². The summed E-state index contributed by atoms with van der Waals surface area (Å²) >= 11 is 0. The zero-order valence-corrected chi connectivity index (χ0v) is 9.24. The zero-order valence-electron chi connectivity index (χ0n) is 9.24. The first-order chi connectivity index (χ1) is 7.19. The second-order valence-electron chi connectivity index (χ2n) is 3.64. The van der Waals surface area contributed by atoms with Crippen LogP contribution >= 0.6 is 0 Å². The minimum Gasteiger partial charge on any atom is -0.380 e. The molecule has 0 aliphatic rings. The molecule has 84 valence electrons. The summed E-state index contributed by atoms with van der Waals surface area (Å²) in [5.74, 6) is -0.195. The number of benzene rings is 1. The summed E-state index contributed by atoms with van der Waals surface area (Å²) in [6.07, 6.45) is 1.34. The molecule has 0 aliphatic heterocycles. The smallest absolute Gasteiger partial charge is 0.126 e. The highest BCUT2D eigenvalue weighted by Gasteiger charge is 2.16. The Morgan fingerprint density at radius 1 is 1.40 bits per heavy atom. The standard InChI is InChI=1S/C12H18FNO/c1-3-12(15-2)11(14)8-9-6-4-5-7-10(9)13/h4-7,11-12H,3,8,14H2,1-2H3. The van der Waals surface area contributed by atoms with Crippen LogP contribution in [-0.4, -0.2) is 19.3 Å². The van der Waals surface area contributed by atoms with Crippen molar-refractivity contribution in [3.05, 3.63) is 35.6 Å². The second kappa shape index (κ2) is 5.83. The summed E-state index contributed by atoms with van der Waals surface area (Å²) in [6.45, 7) is 2.01. The Balaban J connectivity index is 2.65. The molecule has 0 spiro atoms. The summed E-state index contributed by atoms with van der Waals surface area (Å²) in [6, 6.07) is 6.56. The third-order valence-electron chi connectivity index (χ3n) is 2.60. The third kappa shape index (κ3) is 3.29. The van der Waals surface area contributed by atoms with Gasteiger partial charge in [0.1, 0.15) is 5.82 Å². The highest BCUT2D eigenvalue weighted by atomic mass is 19.1. The Hall–Kier alpha value is -0.930. The van der Waals surface area contributed by atoms with Gasteiger partial charge in [-0.15, -0.1) is 0 Å². The van der Waals surface area contributed by atoms with Crippen LogP contribution in [0, 0.1) is 5.82 Å². The average molecular weight is 211 g/mol. The molecule has 1 rings (SSSR count). The lowest BCUT2D eigenvalue weighted by Crippen LogP contribution is -2.37.